The minimum absolute atomic E-state index is 0.0633. The zero-order valence-corrected chi connectivity index (χ0v) is 15.5. The molecule has 11 heteroatoms. The third-order valence-electron chi connectivity index (χ3n) is 4.15. The Balaban J connectivity index is 1.81. The van der Waals surface area contributed by atoms with Gasteiger partial charge in [-0.3, -0.25) is 9.59 Å². The molecular formula is C16H17BN4O5S. The molecule has 0 spiro atoms. The summed E-state index contributed by atoms with van der Waals surface area (Å²) in [5.74, 6) is -0.648. The molecule has 1 aliphatic rings. The fourth-order valence-electron chi connectivity index (χ4n) is 2.91. The summed E-state index contributed by atoms with van der Waals surface area (Å²) in [4.78, 5) is 33.1. The number of benzene rings is 1. The molecule has 2 aromatic rings. The second-order valence-electron chi connectivity index (χ2n) is 6.03. The van der Waals surface area contributed by atoms with Crippen molar-refractivity contribution in [2.75, 3.05) is 12.8 Å². The number of nitrogen functional groups attached to an aromatic ring is 1. The number of rotatable bonds is 6. The van der Waals surface area contributed by atoms with E-state index in [9.17, 15) is 14.6 Å². The van der Waals surface area contributed by atoms with Crippen molar-refractivity contribution in [3.8, 4) is 5.75 Å². The van der Waals surface area contributed by atoms with Crippen molar-refractivity contribution < 1.29 is 24.1 Å². The number of Topliss-reactive ketones (excluding diaryl/α,β-unsaturated/α-hetero) is 2. The highest BCUT2D eigenvalue weighted by Crippen LogP contribution is 2.36. The van der Waals surface area contributed by atoms with Gasteiger partial charge in [0.05, 0.1) is 5.56 Å². The molecule has 2 heterocycles. The number of hydrogen-bond donors (Lipinski definition) is 2. The molecule has 0 bridgehead atoms. The summed E-state index contributed by atoms with van der Waals surface area (Å²) in [7, 11) is 0.0698. The van der Waals surface area contributed by atoms with Crippen LogP contribution in [-0.2, 0) is 16.1 Å². The molecule has 0 unspecified atom stereocenters. The van der Waals surface area contributed by atoms with E-state index in [2.05, 4.69) is 14.5 Å². The van der Waals surface area contributed by atoms with Gasteiger partial charge in [-0.1, -0.05) is 17.3 Å². The lowest BCUT2D eigenvalue weighted by Gasteiger charge is -2.28. The van der Waals surface area contributed by atoms with Crippen LogP contribution in [0, 0.1) is 0 Å². The lowest BCUT2D eigenvalue weighted by atomic mass is 9.64. The van der Waals surface area contributed by atoms with Crippen molar-refractivity contribution in [1.29, 1.82) is 0 Å². The number of anilines is 1. The molecule has 0 aliphatic carbocycles. The van der Waals surface area contributed by atoms with Crippen molar-refractivity contribution in [3.05, 3.63) is 35.2 Å². The highest BCUT2D eigenvalue weighted by molar-refractivity contribution is 7.09. The lowest BCUT2D eigenvalue weighted by molar-refractivity contribution is -0.113. The minimum Gasteiger partial charge on any atom is -0.535 e. The quantitative estimate of drug-likeness (QED) is 0.325. The van der Waals surface area contributed by atoms with Crippen molar-refractivity contribution in [3.63, 3.8) is 0 Å². The second-order valence-corrected chi connectivity index (χ2v) is 6.81. The Kier molecular flexibility index (Phi) is 5.52. The molecule has 9 nitrogen and oxygen atoms in total. The molecule has 1 atom stereocenters. The number of aromatic nitrogens is 2. The van der Waals surface area contributed by atoms with E-state index in [1.165, 1.54) is 14.0 Å². The third-order valence-corrected chi connectivity index (χ3v) is 4.69. The van der Waals surface area contributed by atoms with Crippen molar-refractivity contribution in [2.24, 2.45) is 5.16 Å². The summed E-state index contributed by atoms with van der Waals surface area (Å²) in [5.41, 5.74) is 6.65. The standard InChI is InChI=1S/C16H17BN4O5S/c1-8(22)11-5-3-4-9-6-10(17(24)26-14(9)11)7-12(23)13(20-25-2)15-19-16(18)27-21-15/h3-5,10,24H,6-7H2,1-2H3,(H2,18,19,21)/b20-13+/t10-/m1/s1. The number of carbonyl (C=O) groups is 2. The van der Waals surface area contributed by atoms with Crippen LogP contribution in [0.4, 0.5) is 5.13 Å². The van der Waals surface area contributed by atoms with Gasteiger partial charge in [0.2, 0.25) is 5.82 Å². The van der Waals surface area contributed by atoms with Crippen LogP contribution < -0.4 is 10.4 Å². The highest BCUT2D eigenvalue weighted by Gasteiger charge is 2.38. The molecule has 0 saturated carbocycles. The number of nitrogens with zero attached hydrogens (tertiary/aromatic N) is 3. The molecule has 3 rings (SSSR count). The van der Waals surface area contributed by atoms with Gasteiger partial charge in [-0.05, 0) is 25.0 Å². The van der Waals surface area contributed by atoms with E-state index in [0.29, 0.717) is 17.7 Å². The monoisotopic (exact) mass is 388 g/mol. The van der Waals surface area contributed by atoms with Crippen LogP contribution in [0.25, 0.3) is 0 Å². The van der Waals surface area contributed by atoms with Crippen LogP contribution in [0.5, 0.6) is 5.75 Å². The molecule has 0 fully saturated rings. The first-order chi connectivity index (χ1) is 12.9. The number of carbonyl (C=O) groups excluding carboxylic acids is 2. The number of para-hydroxylation sites is 1. The van der Waals surface area contributed by atoms with Gasteiger partial charge in [0.15, 0.2) is 22.4 Å². The van der Waals surface area contributed by atoms with Crippen molar-refractivity contribution in [2.45, 2.75) is 25.6 Å². The van der Waals surface area contributed by atoms with E-state index in [-0.39, 0.29) is 28.9 Å². The summed E-state index contributed by atoms with van der Waals surface area (Å²) in [6.45, 7) is 1.43. The Bertz CT molecular complexity index is 916. The van der Waals surface area contributed by atoms with E-state index < -0.39 is 18.7 Å². The smallest absolute Gasteiger partial charge is 0.526 e. The fraction of sp³-hybridized carbons (Fsp3) is 0.312. The normalized spacial score (nSPS) is 16.5. The summed E-state index contributed by atoms with van der Waals surface area (Å²) >= 11 is 0.940. The Morgan fingerprint density at radius 3 is 2.93 bits per heavy atom. The number of hydrogen-bond acceptors (Lipinski definition) is 10. The van der Waals surface area contributed by atoms with Crippen LogP contribution >= 0.6 is 11.5 Å². The van der Waals surface area contributed by atoms with Crippen molar-refractivity contribution in [1.82, 2.24) is 9.36 Å². The second kappa shape index (κ2) is 7.84. The van der Waals surface area contributed by atoms with E-state index in [0.717, 1.165) is 17.1 Å². The van der Waals surface area contributed by atoms with Crippen molar-refractivity contribution >= 4 is 41.1 Å². The zero-order chi connectivity index (χ0) is 19.6. The molecule has 0 saturated heterocycles. The Morgan fingerprint density at radius 2 is 2.30 bits per heavy atom. The van der Waals surface area contributed by atoms with Crippen LogP contribution in [0.15, 0.2) is 23.4 Å². The number of fused-ring (bicyclic) bond motifs is 1. The van der Waals surface area contributed by atoms with Gasteiger partial charge in [0.1, 0.15) is 12.9 Å². The number of nitrogens with two attached hydrogens (primary N) is 1. The predicted octanol–water partition coefficient (Wildman–Crippen LogP) is 1.12. The molecule has 0 amide bonds. The van der Waals surface area contributed by atoms with Gasteiger partial charge in [-0.25, -0.2) is 0 Å². The first kappa shape index (κ1) is 19.0. The highest BCUT2D eigenvalue weighted by atomic mass is 32.1. The van der Waals surface area contributed by atoms with Crippen LogP contribution in [0.3, 0.4) is 0 Å². The number of oxime groups is 1. The summed E-state index contributed by atoms with van der Waals surface area (Å²) < 4.78 is 9.53. The summed E-state index contributed by atoms with van der Waals surface area (Å²) in [5, 5.41) is 14.3. The topological polar surface area (TPSA) is 137 Å². The Morgan fingerprint density at radius 1 is 1.52 bits per heavy atom. The SMILES string of the molecule is CO/N=C(\C(=O)C[C@H]1Cc2cccc(C(C)=O)c2OB1O)c1nsc(N)n1. The summed E-state index contributed by atoms with van der Waals surface area (Å²) in [6, 6.07) is 5.19. The Labute approximate surface area is 159 Å². The van der Waals surface area contributed by atoms with Gasteiger partial charge in [0, 0.05) is 23.8 Å². The molecule has 1 aromatic carbocycles. The molecule has 27 heavy (non-hydrogen) atoms. The fourth-order valence-corrected chi connectivity index (χ4v) is 3.34. The summed E-state index contributed by atoms with van der Waals surface area (Å²) in [6.07, 6.45) is 0.308. The van der Waals surface area contributed by atoms with Gasteiger partial charge < -0.3 is 20.2 Å². The first-order valence-electron chi connectivity index (χ1n) is 8.12. The van der Waals surface area contributed by atoms with E-state index >= 15 is 0 Å². The van der Waals surface area contributed by atoms with Gasteiger partial charge in [0.25, 0.3) is 0 Å². The van der Waals surface area contributed by atoms with Gasteiger partial charge in [-0.2, -0.15) is 9.36 Å². The molecule has 1 aromatic heterocycles. The third kappa shape index (κ3) is 3.98. The average molecular weight is 388 g/mol. The van der Waals surface area contributed by atoms with E-state index in [1.54, 1.807) is 18.2 Å². The minimum atomic E-state index is -1.24. The van der Waals surface area contributed by atoms with E-state index in [4.69, 9.17) is 15.2 Å². The van der Waals surface area contributed by atoms with Gasteiger partial charge in [-0.15, -0.1) is 0 Å². The van der Waals surface area contributed by atoms with Crippen LogP contribution in [0.1, 0.15) is 35.1 Å². The predicted molar refractivity (Wildman–Crippen MR) is 100.0 cm³/mol. The Hall–Kier alpha value is -2.79. The van der Waals surface area contributed by atoms with Crippen LogP contribution in [0.2, 0.25) is 5.82 Å². The van der Waals surface area contributed by atoms with Crippen LogP contribution in [-0.4, -0.2) is 45.9 Å². The van der Waals surface area contributed by atoms with E-state index in [1.807, 2.05) is 0 Å². The van der Waals surface area contributed by atoms with Gasteiger partial charge >= 0.3 is 7.12 Å². The maximum atomic E-state index is 12.7. The maximum Gasteiger partial charge on any atom is 0.526 e. The molecule has 0 radical (unpaired) electrons. The largest absolute Gasteiger partial charge is 0.535 e. The average Bonchev–Trinajstić information content (AvgIpc) is 3.05. The molecule has 3 N–H and O–H groups in total. The molecule has 1 aliphatic heterocycles. The molecular weight excluding hydrogens is 371 g/mol. The maximum absolute atomic E-state index is 12.7. The first-order valence-corrected chi connectivity index (χ1v) is 8.89. The zero-order valence-electron chi connectivity index (χ0n) is 14.7. The lowest BCUT2D eigenvalue weighted by Crippen LogP contribution is -2.36. The molecule has 140 valence electrons. The number of ketones is 2.